The molecule has 0 heterocycles. The Labute approximate surface area is 153 Å². The van der Waals surface area contributed by atoms with Gasteiger partial charge in [0, 0.05) is 0 Å². The van der Waals surface area contributed by atoms with E-state index in [2.05, 4.69) is 6.07 Å². The standard InChI is InChI=1S/C22H22O4/c1-25-21-11-8-15(13-19(21)23)7-9-16-5-3-4-6-18(16)17-10-12-22(26-2)20(24)14-17/h3-6,8,10-14,23-24H,7,9H2,1-2H3. The van der Waals surface area contributed by atoms with E-state index < -0.39 is 0 Å². The van der Waals surface area contributed by atoms with Gasteiger partial charge in [-0.2, -0.15) is 0 Å². The predicted octanol–water partition coefficient (Wildman–Crippen LogP) is 4.57. The highest BCUT2D eigenvalue weighted by Gasteiger charge is 2.09. The van der Waals surface area contributed by atoms with Crippen molar-refractivity contribution in [3.8, 4) is 34.1 Å². The Morgan fingerprint density at radius 2 is 1.38 bits per heavy atom. The molecule has 0 aliphatic heterocycles. The Bertz CT molecular complexity index is 902. The lowest BCUT2D eigenvalue weighted by Gasteiger charge is -2.12. The molecule has 4 nitrogen and oxygen atoms in total. The first-order valence-electron chi connectivity index (χ1n) is 8.43. The van der Waals surface area contributed by atoms with Gasteiger partial charge in [0.1, 0.15) is 0 Å². The van der Waals surface area contributed by atoms with Gasteiger partial charge in [-0.15, -0.1) is 0 Å². The van der Waals surface area contributed by atoms with Crippen LogP contribution in [0.5, 0.6) is 23.0 Å². The van der Waals surface area contributed by atoms with E-state index in [4.69, 9.17) is 9.47 Å². The monoisotopic (exact) mass is 350 g/mol. The average molecular weight is 350 g/mol. The van der Waals surface area contributed by atoms with Crippen molar-refractivity contribution in [2.75, 3.05) is 14.2 Å². The number of aromatic hydroxyl groups is 2. The van der Waals surface area contributed by atoms with E-state index >= 15 is 0 Å². The fourth-order valence-electron chi connectivity index (χ4n) is 3.05. The Hall–Kier alpha value is -3.14. The molecule has 26 heavy (non-hydrogen) atoms. The van der Waals surface area contributed by atoms with Crippen LogP contribution in [0.15, 0.2) is 60.7 Å². The summed E-state index contributed by atoms with van der Waals surface area (Å²) in [5.74, 6) is 1.21. The van der Waals surface area contributed by atoms with Crippen LogP contribution in [-0.4, -0.2) is 24.4 Å². The SMILES string of the molecule is COc1ccc(CCc2ccccc2-c2ccc(OC)c(O)c2)cc1O. The number of benzene rings is 3. The highest BCUT2D eigenvalue weighted by Crippen LogP contribution is 2.33. The average Bonchev–Trinajstić information content (AvgIpc) is 2.66. The zero-order valence-corrected chi connectivity index (χ0v) is 14.9. The molecule has 0 saturated heterocycles. The van der Waals surface area contributed by atoms with Crippen molar-refractivity contribution >= 4 is 0 Å². The summed E-state index contributed by atoms with van der Waals surface area (Å²) < 4.78 is 10.2. The van der Waals surface area contributed by atoms with Gasteiger partial charge < -0.3 is 19.7 Å². The lowest BCUT2D eigenvalue weighted by molar-refractivity contribution is 0.373. The minimum Gasteiger partial charge on any atom is -0.504 e. The van der Waals surface area contributed by atoms with E-state index in [9.17, 15) is 10.2 Å². The molecule has 0 unspecified atom stereocenters. The predicted molar refractivity (Wildman–Crippen MR) is 102 cm³/mol. The normalized spacial score (nSPS) is 10.5. The minimum absolute atomic E-state index is 0.125. The number of methoxy groups -OCH3 is 2. The van der Waals surface area contributed by atoms with Gasteiger partial charge >= 0.3 is 0 Å². The number of hydrogen-bond donors (Lipinski definition) is 2. The fourth-order valence-corrected chi connectivity index (χ4v) is 3.05. The Morgan fingerprint density at radius 1 is 0.731 bits per heavy atom. The van der Waals surface area contributed by atoms with Crippen LogP contribution in [0.4, 0.5) is 0 Å². The van der Waals surface area contributed by atoms with Crippen molar-refractivity contribution in [2.45, 2.75) is 12.8 Å². The second-order valence-electron chi connectivity index (χ2n) is 6.05. The Balaban J connectivity index is 1.83. The molecule has 2 N–H and O–H groups in total. The smallest absolute Gasteiger partial charge is 0.160 e. The molecule has 0 spiro atoms. The van der Waals surface area contributed by atoms with Crippen LogP contribution in [0.2, 0.25) is 0 Å². The van der Waals surface area contributed by atoms with Crippen molar-refractivity contribution in [3.05, 3.63) is 71.8 Å². The van der Waals surface area contributed by atoms with Gasteiger partial charge in [0.05, 0.1) is 14.2 Å². The summed E-state index contributed by atoms with van der Waals surface area (Å²) in [5, 5.41) is 20.0. The molecule has 4 heteroatoms. The van der Waals surface area contributed by atoms with E-state index in [1.54, 1.807) is 24.3 Å². The van der Waals surface area contributed by atoms with Gasteiger partial charge in [-0.25, -0.2) is 0 Å². The van der Waals surface area contributed by atoms with Crippen LogP contribution in [-0.2, 0) is 12.8 Å². The van der Waals surface area contributed by atoms with Crippen LogP contribution in [0, 0.1) is 0 Å². The number of phenolic OH excluding ortho intramolecular Hbond substituents is 2. The molecule has 0 atom stereocenters. The lowest BCUT2D eigenvalue weighted by Crippen LogP contribution is -1.95. The molecule has 0 aliphatic carbocycles. The van der Waals surface area contributed by atoms with E-state index in [1.807, 2.05) is 30.3 Å². The highest BCUT2D eigenvalue weighted by atomic mass is 16.5. The fraction of sp³-hybridized carbons (Fsp3) is 0.182. The lowest BCUT2D eigenvalue weighted by atomic mass is 9.95. The number of hydrogen-bond acceptors (Lipinski definition) is 4. The summed E-state index contributed by atoms with van der Waals surface area (Å²) in [5.41, 5.74) is 4.22. The third kappa shape index (κ3) is 3.75. The zero-order valence-electron chi connectivity index (χ0n) is 14.9. The van der Waals surface area contributed by atoms with E-state index in [0.717, 1.165) is 29.5 Å². The van der Waals surface area contributed by atoms with Gasteiger partial charge in [0.2, 0.25) is 0 Å². The molecule has 0 amide bonds. The molecular weight excluding hydrogens is 328 g/mol. The molecule has 0 radical (unpaired) electrons. The molecule has 3 rings (SSSR count). The summed E-state index contributed by atoms with van der Waals surface area (Å²) in [6.07, 6.45) is 1.60. The number of phenols is 2. The quantitative estimate of drug-likeness (QED) is 0.684. The molecule has 0 aliphatic rings. The maximum atomic E-state index is 10.1. The number of ether oxygens (including phenoxy) is 2. The maximum Gasteiger partial charge on any atom is 0.160 e. The van der Waals surface area contributed by atoms with E-state index in [-0.39, 0.29) is 11.5 Å². The number of rotatable bonds is 6. The summed E-state index contributed by atoms with van der Waals surface area (Å²) >= 11 is 0. The van der Waals surface area contributed by atoms with Gasteiger partial charge in [-0.1, -0.05) is 36.4 Å². The minimum atomic E-state index is 0.125. The number of aryl methyl sites for hydroxylation is 2. The summed E-state index contributed by atoms with van der Waals surface area (Å²) in [4.78, 5) is 0. The van der Waals surface area contributed by atoms with Crippen LogP contribution >= 0.6 is 0 Å². The third-order valence-electron chi connectivity index (χ3n) is 4.43. The molecule has 3 aromatic carbocycles. The third-order valence-corrected chi connectivity index (χ3v) is 4.43. The van der Waals surface area contributed by atoms with Crippen molar-refractivity contribution in [1.82, 2.24) is 0 Å². The zero-order chi connectivity index (χ0) is 18.5. The molecule has 0 fully saturated rings. The van der Waals surface area contributed by atoms with Crippen molar-refractivity contribution in [3.63, 3.8) is 0 Å². The van der Waals surface area contributed by atoms with Crippen LogP contribution in [0.25, 0.3) is 11.1 Å². The van der Waals surface area contributed by atoms with Crippen molar-refractivity contribution in [1.29, 1.82) is 0 Å². The summed E-state index contributed by atoms with van der Waals surface area (Å²) in [6.45, 7) is 0. The van der Waals surface area contributed by atoms with Crippen LogP contribution < -0.4 is 9.47 Å². The second kappa shape index (κ2) is 7.83. The highest BCUT2D eigenvalue weighted by molar-refractivity contribution is 5.70. The summed E-state index contributed by atoms with van der Waals surface area (Å²) in [7, 11) is 3.07. The topological polar surface area (TPSA) is 58.9 Å². The van der Waals surface area contributed by atoms with E-state index in [1.165, 1.54) is 19.8 Å². The molecule has 0 saturated carbocycles. The largest absolute Gasteiger partial charge is 0.504 e. The summed E-state index contributed by atoms with van der Waals surface area (Å²) in [6, 6.07) is 19.0. The van der Waals surface area contributed by atoms with Crippen LogP contribution in [0.1, 0.15) is 11.1 Å². The van der Waals surface area contributed by atoms with Gasteiger partial charge in [-0.05, 0) is 59.4 Å². The molecule has 0 bridgehead atoms. The van der Waals surface area contributed by atoms with Crippen molar-refractivity contribution < 1.29 is 19.7 Å². The van der Waals surface area contributed by atoms with Gasteiger partial charge in [0.25, 0.3) is 0 Å². The van der Waals surface area contributed by atoms with Gasteiger partial charge in [-0.3, -0.25) is 0 Å². The van der Waals surface area contributed by atoms with Crippen LogP contribution in [0.3, 0.4) is 0 Å². The Kier molecular flexibility index (Phi) is 5.32. The molecule has 134 valence electrons. The Morgan fingerprint density at radius 3 is 2.04 bits per heavy atom. The maximum absolute atomic E-state index is 10.1. The first-order valence-corrected chi connectivity index (χ1v) is 8.43. The second-order valence-corrected chi connectivity index (χ2v) is 6.05. The molecular formula is C22H22O4. The molecule has 3 aromatic rings. The first-order chi connectivity index (χ1) is 12.6. The molecule has 0 aromatic heterocycles. The van der Waals surface area contributed by atoms with Gasteiger partial charge in [0.15, 0.2) is 23.0 Å². The van der Waals surface area contributed by atoms with E-state index in [0.29, 0.717) is 11.5 Å². The van der Waals surface area contributed by atoms with Crippen molar-refractivity contribution in [2.24, 2.45) is 0 Å². The first kappa shape index (κ1) is 17.7.